The first-order valence-corrected chi connectivity index (χ1v) is 7.53. The van der Waals surface area contributed by atoms with Crippen molar-refractivity contribution in [2.75, 3.05) is 11.9 Å². The van der Waals surface area contributed by atoms with E-state index in [4.69, 9.17) is 10.5 Å². The van der Waals surface area contributed by atoms with Gasteiger partial charge in [-0.1, -0.05) is 6.42 Å². The van der Waals surface area contributed by atoms with Gasteiger partial charge in [-0.05, 0) is 55.4 Å². The first-order valence-electron chi connectivity index (χ1n) is 7.53. The monoisotopic (exact) mass is 274 g/mol. The molecule has 0 radical (unpaired) electrons. The molecule has 1 aliphatic carbocycles. The molecule has 0 bridgehead atoms. The van der Waals surface area contributed by atoms with E-state index >= 15 is 0 Å². The van der Waals surface area contributed by atoms with Gasteiger partial charge in [-0.2, -0.15) is 0 Å². The Balaban J connectivity index is 1.54. The predicted octanol–water partition coefficient (Wildman–Crippen LogP) is 2.47. The molecule has 3 N–H and O–H groups in total. The van der Waals surface area contributed by atoms with Gasteiger partial charge < -0.3 is 15.8 Å². The zero-order chi connectivity index (χ0) is 13.9. The molecule has 0 aromatic heterocycles. The number of nitrogens with two attached hydrogens (primary N) is 1. The maximum Gasteiger partial charge on any atom is 0.224 e. The van der Waals surface area contributed by atoms with Crippen molar-refractivity contribution in [3.63, 3.8) is 0 Å². The van der Waals surface area contributed by atoms with Gasteiger partial charge >= 0.3 is 0 Å². The number of nitrogens with one attached hydrogen (secondary N) is 1. The molecule has 4 nitrogen and oxygen atoms in total. The molecular weight excluding hydrogens is 252 g/mol. The Morgan fingerprint density at radius 3 is 3.00 bits per heavy atom. The van der Waals surface area contributed by atoms with Crippen molar-refractivity contribution in [2.45, 2.75) is 44.6 Å². The smallest absolute Gasteiger partial charge is 0.224 e. The van der Waals surface area contributed by atoms with Gasteiger partial charge in [0.15, 0.2) is 0 Å². The minimum atomic E-state index is 0.0985. The molecule has 4 heteroatoms. The van der Waals surface area contributed by atoms with Crippen LogP contribution >= 0.6 is 0 Å². The molecule has 20 heavy (non-hydrogen) atoms. The van der Waals surface area contributed by atoms with Crippen molar-refractivity contribution in [3.8, 4) is 5.75 Å². The molecule has 3 rings (SSSR count). The standard InChI is InChI=1S/C16H22N2O2/c17-14-3-1-2-11(14)8-9-20-13-5-6-15-12(10-13)4-7-16(19)18-15/h5-6,10-11,14H,1-4,7-9,17H2,(H,18,19). The van der Waals surface area contributed by atoms with Crippen molar-refractivity contribution in [3.05, 3.63) is 23.8 Å². The molecule has 1 heterocycles. The topological polar surface area (TPSA) is 64.3 Å². The summed E-state index contributed by atoms with van der Waals surface area (Å²) in [6.07, 6.45) is 6.04. The van der Waals surface area contributed by atoms with Crippen LogP contribution in [0.4, 0.5) is 5.69 Å². The Kier molecular flexibility index (Phi) is 3.92. The molecule has 2 atom stereocenters. The fourth-order valence-electron chi connectivity index (χ4n) is 3.20. The quantitative estimate of drug-likeness (QED) is 0.886. The summed E-state index contributed by atoms with van der Waals surface area (Å²) < 4.78 is 5.84. The van der Waals surface area contributed by atoms with Gasteiger partial charge in [-0.3, -0.25) is 4.79 Å². The average molecular weight is 274 g/mol. The molecule has 1 saturated carbocycles. The summed E-state index contributed by atoms with van der Waals surface area (Å²) in [6, 6.07) is 6.27. The van der Waals surface area contributed by atoms with Gasteiger partial charge in [0, 0.05) is 18.2 Å². The maximum absolute atomic E-state index is 11.3. The third-order valence-corrected chi connectivity index (χ3v) is 4.45. The van der Waals surface area contributed by atoms with Crippen LogP contribution in [0.3, 0.4) is 0 Å². The predicted molar refractivity (Wildman–Crippen MR) is 78.8 cm³/mol. The average Bonchev–Trinajstić information content (AvgIpc) is 2.85. The summed E-state index contributed by atoms with van der Waals surface area (Å²) in [5.74, 6) is 1.61. The van der Waals surface area contributed by atoms with Crippen LogP contribution in [0.15, 0.2) is 18.2 Å². The van der Waals surface area contributed by atoms with Crippen molar-refractivity contribution in [2.24, 2.45) is 11.7 Å². The highest BCUT2D eigenvalue weighted by Crippen LogP contribution is 2.29. The van der Waals surface area contributed by atoms with E-state index in [9.17, 15) is 4.79 Å². The largest absolute Gasteiger partial charge is 0.494 e. The Morgan fingerprint density at radius 2 is 2.20 bits per heavy atom. The number of benzene rings is 1. The van der Waals surface area contributed by atoms with Gasteiger partial charge in [0.05, 0.1) is 6.61 Å². The first-order chi connectivity index (χ1) is 9.72. The van der Waals surface area contributed by atoms with Crippen LogP contribution in [0.25, 0.3) is 0 Å². The number of ether oxygens (including phenoxy) is 1. The van der Waals surface area contributed by atoms with Crippen molar-refractivity contribution in [1.29, 1.82) is 0 Å². The fraction of sp³-hybridized carbons (Fsp3) is 0.562. The van der Waals surface area contributed by atoms with E-state index in [-0.39, 0.29) is 5.91 Å². The Hall–Kier alpha value is -1.55. The summed E-state index contributed by atoms with van der Waals surface area (Å²) in [7, 11) is 0. The van der Waals surface area contributed by atoms with Gasteiger partial charge in [-0.15, -0.1) is 0 Å². The first kappa shape index (κ1) is 13.4. The normalized spacial score (nSPS) is 25.1. The summed E-state index contributed by atoms with van der Waals surface area (Å²) >= 11 is 0. The molecule has 0 saturated heterocycles. The zero-order valence-electron chi connectivity index (χ0n) is 11.7. The van der Waals surface area contributed by atoms with Crippen molar-refractivity contribution in [1.82, 2.24) is 0 Å². The second kappa shape index (κ2) is 5.83. The highest BCUT2D eigenvalue weighted by molar-refractivity contribution is 5.93. The number of carbonyl (C=O) groups is 1. The van der Waals surface area contributed by atoms with Crippen LogP contribution in [-0.4, -0.2) is 18.6 Å². The van der Waals surface area contributed by atoms with E-state index in [0.717, 1.165) is 37.3 Å². The highest BCUT2D eigenvalue weighted by atomic mass is 16.5. The molecule has 1 amide bonds. The molecule has 0 spiro atoms. The lowest BCUT2D eigenvalue weighted by atomic mass is 10.0. The molecule has 1 fully saturated rings. The fourth-order valence-corrected chi connectivity index (χ4v) is 3.20. The summed E-state index contributed by atoms with van der Waals surface area (Å²) in [5, 5.41) is 2.88. The van der Waals surface area contributed by atoms with E-state index in [1.165, 1.54) is 18.4 Å². The minimum absolute atomic E-state index is 0.0985. The van der Waals surface area contributed by atoms with Crippen LogP contribution in [0.2, 0.25) is 0 Å². The van der Waals surface area contributed by atoms with Gasteiger partial charge in [0.1, 0.15) is 5.75 Å². The molecule has 2 unspecified atom stereocenters. The van der Waals surface area contributed by atoms with E-state index in [1.54, 1.807) is 0 Å². The van der Waals surface area contributed by atoms with E-state index in [2.05, 4.69) is 5.32 Å². The van der Waals surface area contributed by atoms with Crippen LogP contribution < -0.4 is 15.8 Å². The molecule has 1 aromatic rings. The van der Waals surface area contributed by atoms with Crippen LogP contribution in [0.1, 0.15) is 37.7 Å². The molecule has 108 valence electrons. The lowest BCUT2D eigenvalue weighted by Gasteiger charge is -2.19. The van der Waals surface area contributed by atoms with Crippen molar-refractivity contribution >= 4 is 11.6 Å². The van der Waals surface area contributed by atoms with Gasteiger partial charge in [0.25, 0.3) is 0 Å². The SMILES string of the molecule is NC1CCCC1CCOc1ccc2c(c1)CCC(=O)N2. The Labute approximate surface area is 119 Å². The van der Waals surface area contributed by atoms with Crippen LogP contribution in [-0.2, 0) is 11.2 Å². The second-order valence-corrected chi connectivity index (χ2v) is 5.86. The zero-order valence-corrected chi connectivity index (χ0v) is 11.7. The molecule has 1 aliphatic heterocycles. The number of amides is 1. The molecule has 1 aromatic carbocycles. The lowest BCUT2D eigenvalue weighted by Crippen LogP contribution is -2.25. The molecular formula is C16H22N2O2. The lowest BCUT2D eigenvalue weighted by molar-refractivity contribution is -0.116. The maximum atomic E-state index is 11.3. The third-order valence-electron chi connectivity index (χ3n) is 4.45. The number of rotatable bonds is 4. The summed E-state index contributed by atoms with van der Waals surface area (Å²) in [5.41, 5.74) is 8.16. The Morgan fingerprint density at radius 1 is 1.30 bits per heavy atom. The minimum Gasteiger partial charge on any atom is -0.494 e. The number of hydrogen-bond donors (Lipinski definition) is 2. The van der Waals surface area contributed by atoms with Crippen LogP contribution in [0.5, 0.6) is 5.75 Å². The number of aryl methyl sites for hydroxylation is 1. The van der Waals surface area contributed by atoms with Gasteiger partial charge in [-0.25, -0.2) is 0 Å². The van der Waals surface area contributed by atoms with E-state index in [1.807, 2.05) is 18.2 Å². The second-order valence-electron chi connectivity index (χ2n) is 5.86. The highest BCUT2D eigenvalue weighted by Gasteiger charge is 2.23. The Bertz CT molecular complexity index is 501. The number of hydrogen-bond acceptors (Lipinski definition) is 3. The number of fused-ring (bicyclic) bond motifs is 1. The number of carbonyl (C=O) groups excluding carboxylic acids is 1. The van der Waals surface area contributed by atoms with Gasteiger partial charge in [0.2, 0.25) is 5.91 Å². The van der Waals surface area contributed by atoms with Crippen LogP contribution in [0, 0.1) is 5.92 Å². The van der Waals surface area contributed by atoms with E-state index in [0.29, 0.717) is 18.4 Å². The number of anilines is 1. The summed E-state index contributed by atoms with van der Waals surface area (Å²) in [4.78, 5) is 11.3. The third kappa shape index (κ3) is 2.96. The molecule has 2 aliphatic rings. The summed E-state index contributed by atoms with van der Waals surface area (Å²) in [6.45, 7) is 0.726. The van der Waals surface area contributed by atoms with E-state index < -0.39 is 0 Å². The van der Waals surface area contributed by atoms with Crippen molar-refractivity contribution < 1.29 is 9.53 Å².